The van der Waals surface area contributed by atoms with Gasteiger partial charge in [0, 0.05) is 0 Å². The average molecular weight is 286 g/mol. The molecule has 1 rings (SSSR count). The van der Waals surface area contributed by atoms with Crippen molar-refractivity contribution in [1.29, 1.82) is 0 Å². The molecule has 0 radical (unpaired) electrons. The van der Waals surface area contributed by atoms with Gasteiger partial charge in [-0.3, -0.25) is 14.5 Å². The Hall–Kier alpha value is -1.60. The Bertz CT molecular complexity index is 408. The minimum Gasteiger partial charge on any atom is -0.450 e. The Kier molecular flexibility index (Phi) is 6.31. The third-order valence-electron chi connectivity index (χ3n) is 2.48. The molecule has 7 heteroatoms. The van der Waals surface area contributed by atoms with Crippen LogP contribution < -0.4 is 5.48 Å². The Labute approximate surface area is 116 Å². The number of hydrogen-bond donors (Lipinski definition) is 1. The van der Waals surface area contributed by atoms with Crippen LogP contribution in [-0.2, 0) is 20.9 Å². The highest BCUT2D eigenvalue weighted by molar-refractivity contribution is 7.07. The second-order valence-electron chi connectivity index (χ2n) is 3.80. The number of nitrogens with one attached hydrogen (secondary N) is 1. The number of carbonyl (C=O) groups excluding carboxylic acids is 2. The first-order valence-corrected chi connectivity index (χ1v) is 6.81. The average Bonchev–Trinajstić information content (AvgIpc) is 2.88. The Balaban J connectivity index is 2.79. The number of rotatable bonds is 6. The number of amides is 2. The molecule has 2 amide bonds. The molecule has 106 valence electrons. The maximum absolute atomic E-state index is 11.9. The summed E-state index contributed by atoms with van der Waals surface area (Å²) >= 11 is 1.53. The van der Waals surface area contributed by atoms with Crippen molar-refractivity contribution in [1.82, 2.24) is 10.4 Å². The number of ether oxygens (including phenoxy) is 1. The molecule has 1 aromatic heterocycles. The van der Waals surface area contributed by atoms with Crippen molar-refractivity contribution in [2.24, 2.45) is 0 Å². The molecule has 19 heavy (non-hydrogen) atoms. The van der Waals surface area contributed by atoms with Crippen molar-refractivity contribution in [3.05, 3.63) is 22.4 Å². The molecular formula is C12H18N2O4S. The fourth-order valence-corrected chi connectivity index (χ4v) is 2.13. The molecule has 0 fully saturated rings. The number of thiophene rings is 1. The van der Waals surface area contributed by atoms with Gasteiger partial charge in [-0.2, -0.15) is 11.3 Å². The predicted molar refractivity (Wildman–Crippen MR) is 71.5 cm³/mol. The van der Waals surface area contributed by atoms with Gasteiger partial charge in [-0.25, -0.2) is 10.3 Å². The molecule has 0 saturated heterocycles. The predicted octanol–water partition coefficient (Wildman–Crippen LogP) is 1.77. The van der Waals surface area contributed by atoms with Crippen LogP contribution in [0.1, 0.15) is 19.4 Å². The van der Waals surface area contributed by atoms with E-state index in [1.165, 1.54) is 23.3 Å². The van der Waals surface area contributed by atoms with E-state index in [9.17, 15) is 9.59 Å². The molecule has 1 N–H and O–H groups in total. The lowest BCUT2D eigenvalue weighted by molar-refractivity contribution is -0.136. The van der Waals surface area contributed by atoms with Crippen LogP contribution in [0.25, 0.3) is 0 Å². The number of carbonyl (C=O) groups is 2. The number of hydroxylamine groups is 1. The fraction of sp³-hybridized carbons (Fsp3) is 0.500. The summed E-state index contributed by atoms with van der Waals surface area (Å²) in [5.41, 5.74) is 3.17. The van der Waals surface area contributed by atoms with Gasteiger partial charge in [0.25, 0.3) is 5.91 Å². The van der Waals surface area contributed by atoms with Crippen LogP contribution >= 0.6 is 11.3 Å². The van der Waals surface area contributed by atoms with Gasteiger partial charge in [0.2, 0.25) is 0 Å². The normalized spacial score (nSPS) is 11.7. The van der Waals surface area contributed by atoms with E-state index in [1.807, 2.05) is 16.8 Å². The third kappa shape index (κ3) is 4.53. The standard InChI is InChI=1S/C12H18N2O4S/c1-4-18-12(16)14(7-10-5-6-19-8-10)9(2)11(15)13-17-3/h5-6,8-9H,4,7H2,1-3H3,(H,13,15)/t9-/m0/s1. The van der Waals surface area contributed by atoms with Crippen molar-refractivity contribution >= 4 is 23.3 Å². The lowest BCUT2D eigenvalue weighted by atomic mass is 10.2. The molecule has 0 bridgehead atoms. The SMILES string of the molecule is CCOC(=O)N(Cc1ccsc1)[C@@H](C)C(=O)NOC. The second kappa shape index (κ2) is 7.75. The van der Waals surface area contributed by atoms with Gasteiger partial charge in [0.05, 0.1) is 20.3 Å². The highest BCUT2D eigenvalue weighted by Crippen LogP contribution is 2.13. The first-order valence-electron chi connectivity index (χ1n) is 5.87. The summed E-state index contributed by atoms with van der Waals surface area (Å²) in [5, 5.41) is 3.84. The molecule has 1 aromatic rings. The van der Waals surface area contributed by atoms with Crippen LogP contribution in [0.5, 0.6) is 0 Å². The van der Waals surface area contributed by atoms with Crippen molar-refractivity contribution in [2.75, 3.05) is 13.7 Å². The third-order valence-corrected chi connectivity index (χ3v) is 3.22. The molecule has 6 nitrogen and oxygen atoms in total. The summed E-state index contributed by atoms with van der Waals surface area (Å²) in [6.07, 6.45) is -0.521. The molecule has 0 spiro atoms. The summed E-state index contributed by atoms with van der Waals surface area (Å²) in [5.74, 6) is -0.397. The van der Waals surface area contributed by atoms with Crippen LogP contribution in [0.15, 0.2) is 16.8 Å². The van der Waals surface area contributed by atoms with Crippen LogP contribution in [-0.4, -0.2) is 36.7 Å². The van der Waals surface area contributed by atoms with Crippen molar-refractivity contribution < 1.29 is 19.2 Å². The van der Waals surface area contributed by atoms with Gasteiger partial charge in [-0.15, -0.1) is 0 Å². The molecule has 0 saturated carbocycles. The quantitative estimate of drug-likeness (QED) is 0.809. The minimum absolute atomic E-state index is 0.261. The molecule has 0 aliphatic carbocycles. The maximum atomic E-state index is 11.9. The zero-order chi connectivity index (χ0) is 14.3. The summed E-state index contributed by atoms with van der Waals surface area (Å²) in [4.78, 5) is 29.6. The Morgan fingerprint density at radius 2 is 2.26 bits per heavy atom. The van der Waals surface area contributed by atoms with E-state index >= 15 is 0 Å². The lowest BCUT2D eigenvalue weighted by Crippen LogP contribution is -2.47. The first-order chi connectivity index (χ1) is 9.10. The van der Waals surface area contributed by atoms with Gasteiger partial charge in [0.1, 0.15) is 6.04 Å². The molecular weight excluding hydrogens is 268 g/mol. The van der Waals surface area contributed by atoms with Crippen LogP contribution in [0.3, 0.4) is 0 Å². The van der Waals surface area contributed by atoms with E-state index < -0.39 is 18.0 Å². The minimum atomic E-state index is -0.682. The Morgan fingerprint density at radius 3 is 2.79 bits per heavy atom. The highest BCUT2D eigenvalue weighted by Gasteiger charge is 2.27. The maximum Gasteiger partial charge on any atom is 0.410 e. The number of hydrogen-bond acceptors (Lipinski definition) is 5. The van der Waals surface area contributed by atoms with E-state index in [4.69, 9.17) is 4.74 Å². The van der Waals surface area contributed by atoms with E-state index in [2.05, 4.69) is 10.3 Å². The summed E-state index contributed by atoms with van der Waals surface area (Å²) in [6, 6.07) is 1.22. The molecule has 1 heterocycles. The summed E-state index contributed by atoms with van der Waals surface area (Å²) < 4.78 is 4.97. The highest BCUT2D eigenvalue weighted by atomic mass is 32.1. The fourth-order valence-electron chi connectivity index (χ4n) is 1.47. The Morgan fingerprint density at radius 1 is 1.53 bits per heavy atom. The van der Waals surface area contributed by atoms with E-state index in [0.29, 0.717) is 6.54 Å². The van der Waals surface area contributed by atoms with Gasteiger partial charge in [-0.1, -0.05) is 0 Å². The van der Waals surface area contributed by atoms with Gasteiger partial charge in [-0.05, 0) is 36.2 Å². The van der Waals surface area contributed by atoms with E-state index in [0.717, 1.165) is 5.56 Å². The topological polar surface area (TPSA) is 67.9 Å². The largest absolute Gasteiger partial charge is 0.450 e. The van der Waals surface area contributed by atoms with Crippen LogP contribution in [0.4, 0.5) is 4.79 Å². The van der Waals surface area contributed by atoms with E-state index in [1.54, 1.807) is 13.8 Å². The van der Waals surface area contributed by atoms with Crippen LogP contribution in [0, 0.1) is 0 Å². The monoisotopic (exact) mass is 286 g/mol. The van der Waals surface area contributed by atoms with Gasteiger partial charge < -0.3 is 4.74 Å². The smallest absolute Gasteiger partial charge is 0.410 e. The zero-order valence-electron chi connectivity index (χ0n) is 11.2. The van der Waals surface area contributed by atoms with Crippen molar-refractivity contribution in [3.8, 4) is 0 Å². The first kappa shape index (κ1) is 15.5. The lowest BCUT2D eigenvalue weighted by Gasteiger charge is -2.26. The van der Waals surface area contributed by atoms with Crippen molar-refractivity contribution in [3.63, 3.8) is 0 Å². The van der Waals surface area contributed by atoms with Gasteiger partial charge in [0.15, 0.2) is 0 Å². The van der Waals surface area contributed by atoms with Crippen molar-refractivity contribution in [2.45, 2.75) is 26.4 Å². The number of nitrogens with zero attached hydrogens (tertiary/aromatic N) is 1. The van der Waals surface area contributed by atoms with E-state index in [-0.39, 0.29) is 6.61 Å². The molecule has 0 aliphatic heterocycles. The molecule has 0 aromatic carbocycles. The second-order valence-corrected chi connectivity index (χ2v) is 4.58. The molecule has 0 aliphatic rings. The molecule has 1 atom stereocenters. The van der Waals surface area contributed by atoms with Gasteiger partial charge >= 0.3 is 6.09 Å². The zero-order valence-corrected chi connectivity index (χ0v) is 12.0. The summed E-state index contributed by atoms with van der Waals surface area (Å²) in [6.45, 7) is 3.93. The summed E-state index contributed by atoms with van der Waals surface area (Å²) in [7, 11) is 1.35. The molecule has 0 unspecified atom stereocenters. The van der Waals surface area contributed by atoms with Crippen LogP contribution in [0.2, 0.25) is 0 Å².